The first-order valence-electron chi connectivity index (χ1n) is 8.25. The van der Waals surface area contributed by atoms with E-state index in [1.807, 2.05) is 6.07 Å². The molecule has 0 spiro atoms. The maximum Gasteiger partial charge on any atom is 0.270 e. The van der Waals surface area contributed by atoms with Gasteiger partial charge in [0.1, 0.15) is 5.69 Å². The molecule has 0 saturated heterocycles. The lowest BCUT2D eigenvalue weighted by Crippen LogP contribution is -2.26. The Kier molecular flexibility index (Phi) is 7.04. The number of aromatic nitrogens is 2. The fraction of sp³-hybridized carbons (Fsp3) is 0.333. The number of nitrogens with one attached hydrogen (secondary N) is 3. The van der Waals surface area contributed by atoms with Gasteiger partial charge in [-0.3, -0.25) is 9.59 Å². The van der Waals surface area contributed by atoms with Crippen molar-refractivity contribution in [2.75, 3.05) is 30.9 Å². The molecule has 1 aromatic heterocycles. The quantitative estimate of drug-likeness (QED) is 0.626. The lowest BCUT2D eigenvalue weighted by Gasteiger charge is -2.10. The van der Waals surface area contributed by atoms with Crippen molar-refractivity contribution >= 4 is 29.1 Å². The van der Waals surface area contributed by atoms with Gasteiger partial charge in [0.05, 0.1) is 0 Å². The van der Waals surface area contributed by atoms with Gasteiger partial charge in [0.25, 0.3) is 5.91 Å². The Labute approximate surface area is 152 Å². The number of anilines is 3. The number of amides is 2. The molecule has 0 aliphatic heterocycles. The van der Waals surface area contributed by atoms with Crippen LogP contribution in [0, 0.1) is 6.92 Å². The summed E-state index contributed by atoms with van der Waals surface area (Å²) in [5, 5.41) is 8.57. The molecule has 1 heterocycles. The molecule has 2 amide bonds. The SMILES string of the molecule is COCCCNC(=O)c1cc(C)nc(Nc2cccc(NC(C)=O)c2)n1. The fourth-order valence-corrected chi connectivity index (χ4v) is 2.26. The number of methoxy groups -OCH3 is 1. The minimum Gasteiger partial charge on any atom is -0.385 e. The minimum absolute atomic E-state index is 0.151. The van der Waals surface area contributed by atoms with E-state index in [2.05, 4.69) is 25.9 Å². The molecule has 0 saturated carbocycles. The van der Waals surface area contributed by atoms with Crippen molar-refractivity contribution in [1.29, 1.82) is 0 Å². The van der Waals surface area contributed by atoms with Crippen LogP contribution < -0.4 is 16.0 Å². The third-order valence-corrected chi connectivity index (χ3v) is 3.34. The second-order valence-electron chi connectivity index (χ2n) is 5.71. The number of ether oxygens (including phenoxy) is 1. The standard InChI is InChI=1S/C18H23N5O3/c1-12-10-16(17(25)19-8-5-9-26-3)23-18(20-12)22-15-7-4-6-14(11-15)21-13(2)24/h4,6-7,10-11H,5,8-9H2,1-3H3,(H,19,25)(H,21,24)(H,20,22,23). The number of hydrogen-bond donors (Lipinski definition) is 3. The van der Waals surface area contributed by atoms with Crippen LogP contribution in [0.25, 0.3) is 0 Å². The lowest BCUT2D eigenvalue weighted by atomic mass is 10.2. The number of nitrogens with zero attached hydrogens (tertiary/aromatic N) is 2. The average molecular weight is 357 g/mol. The van der Waals surface area contributed by atoms with E-state index in [4.69, 9.17) is 4.74 Å². The number of rotatable bonds is 8. The molecule has 0 bridgehead atoms. The monoisotopic (exact) mass is 357 g/mol. The van der Waals surface area contributed by atoms with Crippen LogP contribution >= 0.6 is 0 Å². The summed E-state index contributed by atoms with van der Waals surface area (Å²) in [6, 6.07) is 8.79. The highest BCUT2D eigenvalue weighted by Crippen LogP contribution is 2.18. The van der Waals surface area contributed by atoms with Gasteiger partial charge in [-0.25, -0.2) is 9.97 Å². The molecule has 0 aliphatic carbocycles. The summed E-state index contributed by atoms with van der Waals surface area (Å²) in [7, 11) is 1.62. The van der Waals surface area contributed by atoms with Crippen LogP contribution in [0.1, 0.15) is 29.5 Å². The van der Waals surface area contributed by atoms with Crippen molar-refractivity contribution in [2.24, 2.45) is 0 Å². The Hall–Kier alpha value is -3.00. The molecule has 8 nitrogen and oxygen atoms in total. The number of aryl methyl sites for hydroxylation is 1. The number of carbonyl (C=O) groups excluding carboxylic acids is 2. The molecule has 0 atom stereocenters. The maximum atomic E-state index is 12.2. The molecule has 1 aromatic carbocycles. The zero-order chi connectivity index (χ0) is 18.9. The van der Waals surface area contributed by atoms with Gasteiger partial charge in [-0.15, -0.1) is 0 Å². The molecule has 2 aromatic rings. The summed E-state index contributed by atoms with van der Waals surface area (Å²) >= 11 is 0. The molecule has 0 unspecified atom stereocenters. The Bertz CT molecular complexity index is 779. The van der Waals surface area contributed by atoms with Gasteiger partial charge in [-0.1, -0.05) is 6.07 Å². The molecular formula is C18H23N5O3. The van der Waals surface area contributed by atoms with Gasteiger partial charge in [0, 0.05) is 44.3 Å². The zero-order valence-electron chi connectivity index (χ0n) is 15.1. The van der Waals surface area contributed by atoms with Gasteiger partial charge in [-0.2, -0.15) is 0 Å². The molecule has 0 aliphatic rings. The Morgan fingerprint density at radius 3 is 2.65 bits per heavy atom. The molecular weight excluding hydrogens is 334 g/mol. The first kappa shape index (κ1) is 19.3. The number of hydrogen-bond acceptors (Lipinski definition) is 6. The van der Waals surface area contributed by atoms with Crippen molar-refractivity contribution in [1.82, 2.24) is 15.3 Å². The highest BCUT2D eigenvalue weighted by atomic mass is 16.5. The van der Waals surface area contributed by atoms with Crippen LogP contribution in [0.5, 0.6) is 0 Å². The van der Waals surface area contributed by atoms with Gasteiger partial charge in [-0.05, 0) is 37.6 Å². The van der Waals surface area contributed by atoms with Crippen molar-refractivity contribution in [3.63, 3.8) is 0 Å². The highest BCUT2D eigenvalue weighted by molar-refractivity contribution is 5.92. The predicted octanol–water partition coefficient (Wildman–Crippen LogP) is 2.25. The normalized spacial score (nSPS) is 10.3. The van der Waals surface area contributed by atoms with E-state index >= 15 is 0 Å². The van der Waals surface area contributed by atoms with Gasteiger partial charge in [0.2, 0.25) is 11.9 Å². The van der Waals surface area contributed by atoms with Crippen LogP contribution in [-0.4, -0.2) is 42.0 Å². The zero-order valence-corrected chi connectivity index (χ0v) is 15.1. The van der Waals surface area contributed by atoms with Crippen LogP contribution in [0.15, 0.2) is 30.3 Å². The van der Waals surface area contributed by atoms with E-state index in [1.165, 1.54) is 6.92 Å². The second-order valence-corrected chi connectivity index (χ2v) is 5.71. The Morgan fingerprint density at radius 2 is 1.92 bits per heavy atom. The molecule has 0 radical (unpaired) electrons. The third kappa shape index (κ3) is 6.14. The maximum absolute atomic E-state index is 12.2. The van der Waals surface area contributed by atoms with Gasteiger partial charge < -0.3 is 20.7 Å². The molecule has 3 N–H and O–H groups in total. The van der Waals surface area contributed by atoms with Crippen molar-refractivity contribution < 1.29 is 14.3 Å². The molecule has 0 fully saturated rings. The predicted molar refractivity (Wildman–Crippen MR) is 99.6 cm³/mol. The van der Waals surface area contributed by atoms with E-state index in [1.54, 1.807) is 38.3 Å². The highest BCUT2D eigenvalue weighted by Gasteiger charge is 2.10. The van der Waals surface area contributed by atoms with E-state index < -0.39 is 0 Å². The van der Waals surface area contributed by atoms with E-state index in [9.17, 15) is 9.59 Å². The fourth-order valence-electron chi connectivity index (χ4n) is 2.26. The topological polar surface area (TPSA) is 105 Å². The summed E-state index contributed by atoms with van der Waals surface area (Å²) in [6.45, 7) is 4.33. The number of carbonyl (C=O) groups is 2. The Morgan fingerprint density at radius 1 is 1.15 bits per heavy atom. The van der Waals surface area contributed by atoms with E-state index in [0.29, 0.717) is 36.2 Å². The van der Waals surface area contributed by atoms with Gasteiger partial charge >= 0.3 is 0 Å². The van der Waals surface area contributed by atoms with Crippen molar-refractivity contribution in [3.8, 4) is 0 Å². The van der Waals surface area contributed by atoms with Crippen LogP contribution in [0.2, 0.25) is 0 Å². The first-order valence-corrected chi connectivity index (χ1v) is 8.25. The second kappa shape index (κ2) is 9.47. The largest absolute Gasteiger partial charge is 0.385 e. The minimum atomic E-state index is -0.262. The summed E-state index contributed by atoms with van der Waals surface area (Å²) in [4.78, 5) is 32.0. The lowest BCUT2D eigenvalue weighted by molar-refractivity contribution is -0.114. The molecule has 8 heteroatoms. The summed E-state index contributed by atoms with van der Waals surface area (Å²) in [6.07, 6.45) is 0.730. The van der Waals surface area contributed by atoms with Crippen LogP contribution in [-0.2, 0) is 9.53 Å². The van der Waals surface area contributed by atoms with E-state index in [0.717, 1.165) is 6.42 Å². The average Bonchev–Trinajstić information content (AvgIpc) is 2.57. The summed E-state index contributed by atoms with van der Waals surface area (Å²) in [5.74, 6) is -0.102. The first-order chi connectivity index (χ1) is 12.5. The number of benzene rings is 1. The molecule has 138 valence electrons. The summed E-state index contributed by atoms with van der Waals surface area (Å²) < 4.78 is 4.95. The summed E-state index contributed by atoms with van der Waals surface area (Å²) in [5.41, 5.74) is 2.32. The van der Waals surface area contributed by atoms with E-state index in [-0.39, 0.29) is 17.5 Å². The van der Waals surface area contributed by atoms with Crippen LogP contribution in [0.4, 0.5) is 17.3 Å². The van der Waals surface area contributed by atoms with Crippen LogP contribution in [0.3, 0.4) is 0 Å². The smallest absolute Gasteiger partial charge is 0.270 e. The Balaban J connectivity index is 2.09. The molecule has 2 rings (SSSR count). The third-order valence-electron chi connectivity index (χ3n) is 3.34. The van der Waals surface area contributed by atoms with Crippen molar-refractivity contribution in [2.45, 2.75) is 20.3 Å². The van der Waals surface area contributed by atoms with Gasteiger partial charge in [0.15, 0.2) is 0 Å². The van der Waals surface area contributed by atoms with Crippen molar-refractivity contribution in [3.05, 3.63) is 41.7 Å². The molecule has 26 heavy (non-hydrogen) atoms.